The second-order valence-corrected chi connectivity index (χ2v) is 7.18. The summed E-state index contributed by atoms with van der Waals surface area (Å²) in [6.07, 6.45) is 0. The summed E-state index contributed by atoms with van der Waals surface area (Å²) in [4.78, 5) is 9.08. The summed E-state index contributed by atoms with van der Waals surface area (Å²) in [6, 6.07) is 10.1. The fourth-order valence-electron chi connectivity index (χ4n) is 3.28. The third kappa shape index (κ3) is 3.13. The molecule has 0 atom stereocenters. The van der Waals surface area contributed by atoms with Gasteiger partial charge in [0.15, 0.2) is 17.1 Å². The highest BCUT2D eigenvalue weighted by Gasteiger charge is 2.18. The third-order valence-electron chi connectivity index (χ3n) is 4.82. The highest BCUT2D eigenvalue weighted by molar-refractivity contribution is 6.31. The van der Waals surface area contributed by atoms with E-state index < -0.39 is 5.82 Å². The second kappa shape index (κ2) is 7.03. The molecule has 4 aromatic rings. The fraction of sp³-hybridized carbons (Fsp3) is 0.150. The fourth-order valence-corrected chi connectivity index (χ4v) is 3.46. The first-order valence-corrected chi connectivity index (χ1v) is 9.45. The van der Waals surface area contributed by atoms with E-state index in [0.717, 1.165) is 11.3 Å². The molecular formula is C20H16ClFN6O2. The van der Waals surface area contributed by atoms with Gasteiger partial charge in [-0.2, -0.15) is 10.1 Å². The minimum absolute atomic E-state index is 0.00315. The standard InChI is InChI=1S/C20H16ClFN6O2/c1-28-18(23)16-17(11-3-4-13(22)12(21)7-11)25-20(26-19(16)27-28)24-8-10-2-5-14-15(6-10)30-9-29-14/h2-7H,8-9,23H2,1H3,(H,24,26,27). The van der Waals surface area contributed by atoms with Crippen molar-refractivity contribution in [3.63, 3.8) is 0 Å². The Labute approximate surface area is 175 Å². The average Bonchev–Trinajstić information content (AvgIpc) is 3.32. The van der Waals surface area contributed by atoms with Crippen LogP contribution >= 0.6 is 11.6 Å². The number of nitrogens with one attached hydrogen (secondary N) is 1. The third-order valence-corrected chi connectivity index (χ3v) is 5.11. The normalized spacial score (nSPS) is 12.5. The number of fused-ring (bicyclic) bond motifs is 2. The number of benzene rings is 2. The van der Waals surface area contributed by atoms with Crippen molar-refractivity contribution >= 4 is 34.4 Å². The summed E-state index contributed by atoms with van der Waals surface area (Å²) in [5, 5.41) is 8.13. The Morgan fingerprint density at radius 2 is 2.00 bits per heavy atom. The lowest BCUT2D eigenvalue weighted by Crippen LogP contribution is -2.05. The van der Waals surface area contributed by atoms with E-state index in [4.69, 9.17) is 26.8 Å². The van der Waals surface area contributed by atoms with Crippen LogP contribution in [0.5, 0.6) is 11.5 Å². The van der Waals surface area contributed by atoms with E-state index in [9.17, 15) is 4.39 Å². The number of nitrogen functional groups attached to an aromatic ring is 1. The van der Waals surface area contributed by atoms with Gasteiger partial charge in [-0.3, -0.25) is 4.68 Å². The highest BCUT2D eigenvalue weighted by atomic mass is 35.5. The largest absolute Gasteiger partial charge is 0.454 e. The molecule has 0 unspecified atom stereocenters. The zero-order valence-corrected chi connectivity index (χ0v) is 16.6. The molecule has 2 aromatic heterocycles. The molecule has 0 amide bonds. The SMILES string of the molecule is Cn1nc2nc(NCc3ccc4c(c3)OCO4)nc(-c3ccc(F)c(Cl)c3)c2c1N. The van der Waals surface area contributed by atoms with Crippen LogP contribution in [0, 0.1) is 5.82 Å². The maximum Gasteiger partial charge on any atom is 0.231 e. The summed E-state index contributed by atoms with van der Waals surface area (Å²) in [5.74, 6) is 1.67. The molecule has 8 nitrogen and oxygen atoms in total. The van der Waals surface area contributed by atoms with Crippen LogP contribution in [-0.2, 0) is 13.6 Å². The lowest BCUT2D eigenvalue weighted by atomic mass is 10.1. The van der Waals surface area contributed by atoms with Crippen LogP contribution in [0.4, 0.5) is 16.2 Å². The van der Waals surface area contributed by atoms with Crippen LogP contribution in [0.25, 0.3) is 22.3 Å². The van der Waals surface area contributed by atoms with Gasteiger partial charge in [-0.25, -0.2) is 9.37 Å². The van der Waals surface area contributed by atoms with Crippen LogP contribution in [-0.4, -0.2) is 26.5 Å². The van der Waals surface area contributed by atoms with E-state index >= 15 is 0 Å². The van der Waals surface area contributed by atoms with Crippen molar-refractivity contribution in [3.8, 4) is 22.8 Å². The van der Waals surface area contributed by atoms with Crippen LogP contribution in [0.15, 0.2) is 36.4 Å². The molecule has 10 heteroatoms. The lowest BCUT2D eigenvalue weighted by molar-refractivity contribution is 0.174. The Bertz CT molecular complexity index is 1290. The molecule has 0 aliphatic carbocycles. The number of rotatable bonds is 4. The summed E-state index contributed by atoms with van der Waals surface area (Å²) in [5.41, 5.74) is 8.70. The molecule has 0 bridgehead atoms. The van der Waals surface area contributed by atoms with Crippen molar-refractivity contribution in [1.29, 1.82) is 0 Å². The Hall–Kier alpha value is -3.59. The number of aryl methyl sites for hydroxylation is 1. The van der Waals surface area contributed by atoms with Crippen molar-refractivity contribution in [1.82, 2.24) is 19.7 Å². The molecule has 3 N–H and O–H groups in total. The molecule has 1 aliphatic rings. The summed E-state index contributed by atoms with van der Waals surface area (Å²) < 4.78 is 25.9. The first kappa shape index (κ1) is 18.4. The Morgan fingerprint density at radius 1 is 1.17 bits per heavy atom. The van der Waals surface area contributed by atoms with Gasteiger partial charge in [-0.05, 0) is 35.9 Å². The molecular weight excluding hydrogens is 411 g/mol. The summed E-state index contributed by atoms with van der Waals surface area (Å²) in [6.45, 7) is 0.671. The molecule has 3 heterocycles. The van der Waals surface area contributed by atoms with E-state index in [0.29, 0.717) is 46.4 Å². The molecule has 0 radical (unpaired) electrons. The molecule has 0 saturated carbocycles. The molecule has 2 aromatic carbocycles. The Balaban J connectivity index is 1.53. The van der Waals surface area contributed by atoms with Crippen LogP contribution < -0.4 is 20.5 Å². The molecule has 30 heavy (non-hydrogen) atoms. The zero-order valence-electron chi connectivity index (χ0n) is 15.8. The Morgan fingerprint density at radius 3 is 2.83 bits per heavy atom. The number of anilines is 2. The van der Waals surface area contributed by atoms with E-state index in [1.165, 1.54) is 16.8 Å². The van der Waals surface area contributed by atoms with Gasteiger partial charge in [0.2, 0.25) is 12.7 Å². The van der Waals surface area contributed by atoms with Crippen molar-refractivity contribution in [2.45, 2.75) is 6.54 Å². The molecule has 5 rings (SSSR count). The number of hydrogen-bond acceptors (Lipinski definition) is 7. The minimum Gasteiger partial charge on any atom is -0.454 e. The first-order valence-electron chi connectivity index (χ1n) is 9.07. The minimum atomic E-state index is -0.508. The Kier molecular flexibility index (Phi) is 4.32. The zero-order chi connectivity index (χ0) is 20.8. The molecule has 0 spiro atoms. The van der Waals surface area contributed by atoms with E-state index in [2.05, 4.69) is 20.4 Å². The van der Waals surface area contributed by atoms with Gasteiger partial charge in [0.05, 0.1) is 16.1 Å². The number of nitrogens with two attached hydrogens (primary N) is 1. The number of halogens is 2. The maximum atomic E-state index is 13.7. The van der Waals surface area contributed by atoms with Crippen molar-refractivity contribution in [3.05, 3.63) is 52.8 Å². The highest BCUT2D eigenvalue weighted by Crippen LogP contribution is 2.34. The average molecular weight is 427 g/mol. The quantitative estimate of drug-likeness (QED) is 0.512. The number of nitrogens with zero attached hydrogens (tertiary/aromatic N) is 4. The van der Waals surface area contributed by atoms with Crippen LogP contribution in [0.3, 0.4) is 0 Å². The van der Waals surface area contributed by atoms with E-state index in [-0.39, 0.29) is 11.8 Å². The topological polar surface area (TPSA) is 100 Å². The molecule has 0 fully saturated rings. The van der Waals surface area contributed by atoms with Gasteiger partial charge in [0.1, 0.15) is 11.6 Å². The monoisotopic (exact) mass is 426 g/mol. The van der Waals surface area contributed by atoms with Crippen molar-refractivity contribution < 1.29 is 13.9 Å². The van der Waals surface area contributed by atoms with Gasteiger partial charge in [-0.15, -0.1) is 0 Å². The summed E-state index contributed by atoms with van der Waals surface area (Å²) in [7, 11) is 1.72. The first-order chi connectivity index (χ1) is 14.5. The molecule has 1 aliphatic heterocycles. The maximum absolute atomic E-state index is 13.7. The molecule has 152 valence electrons. The number of hydrogen-bond donors (Lipinski definition) is 2. The predicted molar refractivity (Wildman–Crippen MR) is 111 cm³/mol. The predicted octanol–water partition coefficient (Wildman–Crippen LogP) is 3.75. The van der Waals surface area contributed by atoms with Gasteiger partial charge in [-0.1, -0.05) is 17.7 Å². The number of ether oxygens (including phenoxy) is 2. The van der Waals surface area contributed by atoms with Crippen molar-refractivity contribution in [2.24, 2.45) is 7.05 Å². The van der Waals surface area contributed by atoms with Gasteiger partial charge >= 0.3 is 0 Å². The van der Waals surface area contributed by atoms with Gasteiger partial charge < -0.3 is 20.5 Å². The van der Waals surface area contributed by atoms with E-state index in [1.54, 1.807) is 13.1 Å². The summed E-state index contributed by atoms with van der Waals surface area (Å²) >= 11 is 5.98. The second-order valence-electron chi connectivity index (χ2n) is 6.77. The van der Waals surface area contributed by atoms with Crippen LogP contribution in [0.2, 0.25) is 5.02 Å². The van der Waals surface area contributed by atoms with E-state index in [1.807, 2.05) is 18.2 Å². The van der Waals surface area contributed by atoms with Gasteiger partial charge in [0, 0.05) is 19.2 Å². The van der Waals surface area contributed by atoms with Crippen molar-refractivity contribution in [2.75, 3.05) is 17.8 Å². The van der Waals surface area contributed by atoms with Crippen LogP contribution in [0.1, 0.15) is 5.56 Å². The molecule has 0 saturated heterocycles. The van der Waals surface area contributed by atoms with Gasteiger partial charge in [0.25, 0.3) is 0 Å². The lowest BCUT2D eigenvalue weighted by Gasteiger charge is -2.09. The number of aromatic nitrogens is 4. The smallest absolute Gasteiger partial charge is 0.231 e.